The number of carbonyl (C=O) groups excluding carboxylic acids is 2. The Morgan fingerprint density at radius 2 is 1.61 bits per heavy atom. The number of alkyl halides is 3. The number of benzene rings is 3. The van der Waals surface area contributed by atoms with Crippen molar-refractivity contribution in [1.82, 2.24) is 4.90 Å². The number of anilines is 1. The number of likely N-dealkylation sites (tertiary alicyclic amines) is 1. The van der Waals surface area contributed by atoms with Crippen molar-refractivity contribution in [3.05, 3.63) is 84.4 Å². The average Bonchev–Trinajstić information content (AvgIpc) is 2.92. The van der Waals surface area contributed by atoms with Gasteiger partial charge in [0.2, 0.25) is 0 Å². The van der Waals surface area contributed by atoms with Gasteiger partial charge in [0.25, 0.3) is 0 Å². The number of esters is 1. The van der Waals surface area contributed by atoms with E-state index in [2.05, 4.69) is 22.2 Å². The molecular formula is C29H29F3N2O4. The van der Waals surface area contributed by atoms with Gasteiger partial charge < -0.3 is 19.7 Å². The zero-order valence-corrected chi connectivity index (χ0v) is 21.0. The van der Waals surface area contributed by atoms with Crippen LogP contribution in [-0.2, 0) is 14.9 Å². The van der Waals surface area contributed by atoms with Crippen LogP contribution >= 0.6 is 0 Å². The standard InChI is InChI=1S/C29H29F3N2O4/c1-37-26(35)16-18-28(23-10-8-22(9-11-23)21-6-3-2-4-7-21)17-5-19-34(20-28)27(36)33-24-12-14-25(15-13-24)38-29(30,31)32/h2-4,6-15H,5,16-20H2,1H3,(H,33,36). The first-order valence-corrected chi connectivity index (χ1v) is 12.3. The summed E-state index contributed by atoms with van der Waals surface area (Å²) in [6.45, 7) is 0.902. The van der Waals surface area contributed by atoms with Crippen molar-refractivity contribution in [3.8, 4) is 16.9 Å². The number of urea groups is 1. The van der Waals surface area contributed by atoms with Crippen molar-refractivity contribution in [1.29, 1.82) is 0 Å². The van der Waals surface area contributed by atoms with Crippen LogP contribution < -0.4 is 10.1 Å². The normalized spacial score (nSPS) is 17.5. The van der Waals surface area contributed by atoms with Crippen LogP contribution in [-0.4, -0.2) is 43.5 Å². The van der Waals surface area contributed by atoms with Gasteiger partial charge in [0, 0.05) is 30.6 Å². The maximum atomic E-state index is 13.1. The van der Waals surface area contributed by atoms with Crippen molar-refractivity contribution in [2.75, 3.05) is 25.5 Å². The van der Waals surface area contributed by atoms with Gasteiger partial charge in [0.15, 0.2) is 0 Å². The van der Waals surface area contributed by atoms with E-state index < -0.39 is 11.8 Å². The van der Waals surface area contributed by atoms with Gasteiger partial charge in [-0.2, -0.15) is 0 Å². The van der Waals surface area contributed by atoms with Gasteiger partial charge >= 0.3 is 18.4 Å². The number of amides is 2. The van der Waals surface area contributed by atoms with Crippen LogP contribution in [0.2, 0.25) is 0 Å². The average molecular weight is 527 g/mol. The third kappa shape index (κ3) is 6.85. The van der Waals surface area contributed by atoms with Gasteiger partial charge in [-0.15, -0.1) is 13.2 Å². The molecule has 9 heteroatoms. The lowest BCUT2D eigenvalue weighted by Crippen LogP contribution is -2.50. The molecule has 1 atom stereocenters. The van der Waals surface area contributed by atoms with E-state index in [9.17, 15) is 22.8 Å². The highest BCUT2D eigenvalue weighted by Gasteiger charge is 2.39. The molecule has 6 nitrogen and oxygen atoms in total. The van der Waals surface area contributed by atoms with Crippen molar-refractivity contribution in [3.63, 3.8) is 0 Å². The van der Waals surface area contributed by atoms with E-state index in [1.807, 2.05) is 42.5 Å². The predicted molar refractivity (Wildman–Crippen MR) is 138 cm³/mol. The Morgan fingerprint density at radius 1 is 0.947 bits per heavy atom. The third-order valence-corrected chi connectivity index (χ3v) is 6.84. The van der Waals surface area contributed by atoms with E-state index in [0.29, 0.717) is 25.2 Å². The fourth-order valence-corrected chi connectivity index (χ4v) is 4.92. The summed E-state index contributed by atoms with van der Waals surface area (Å²) in [4.78, 5) is 26.9. The Kier molecular flexibility index (Phi) is 8.24. The summed E-state index contributed by atoms with van der Waals surface area (Å²) in [5, 5.41) is 2.76. The van der Waals surface area contributed by atoms with Crippen LogP contribution in [0.1, 0.15) is 31.2 Å². The van der Waals surface area contributed by atoms with Gasteiger partial charge in [-0.25, -0.2) is 4.79 Å². The first kappa shape index (κ1) is 27.0. The van der Waals surface area contributed by atoms with Crippen LogP contribution in [0, 0.1) is 0 Å². The van der Waals surface area contributed by atoms with Crippen LogP contribution in [0.5, 0.6) is 5.75 Å². The van der Waals surface area contributed by atoms with Crippen molar-refractivity contribution in [2.24, 2.45) is 0 Å². The second kappa shape index (κ2) is 11.6. The summed E-state index contributed by atoms with van der Waals surface area (Å²) >= 11 is 0. The molecular weight excluding hydrogens is 497 g/mol. The van der Waals surface area contributed by atoms with E-state index in [0.717, 1.165) is 41.7 Å². The minimum atomic E-state index is -4.79. The first-order chi connectivity index (χ1) is 18.2. The molecule has 0 aromatic heterocycles. The monoisotopic (exact) mass is 526 g/mol. The fourth-order valence-electron chi connectivity index (χ4n) is 4.92. The number of halogens is 3. The summed E-state index contributed by atoms with van der Waals surface area (Å²) in [5.41, 5.74) is 3.10. The largest absolute Gasteiger partial charge is 0.573 e. The second-order valence-electron chi connectivity index (χ2n) is 9.33. The zero-order valence-electron chi connectivity index (χ0n) is 21.0. The number of methoxy groups -OCH3 is 1. The molecule has 0 bridgehead atoms. The summed E-state index contributed by atoms with van der Waals surface area (Å²) < 4.78 is 46.0. The summed E-state index contributed by atoms with van der Waals surface area (Å²) in [5.74, 6) is -0.678. The molecule has 1 saturated heterocycles. The topological polar surface area (TPSA) is 67.9 Å². The molecule has 0 aliphatic carbocycles. The molecule has 3 aromatic rings. The number of hydrogen-bond donors (Lipinski definition) is 1. The number of piperidine rings is 1. The van der Waals surface area contributed by atoms with E-state index in [1.54, 1.807) is 4.90 Å². The number of hydrogen-bond acceptors (Lipinski definition) is 4. The summed E-state index contributed by atoms with van der Waals surface area (Å²) in [6, 6.07) is 22.9. The summed E-state index contributed by atoms with van der Waals surface area (Å²) in [7, 11) is 1.36. The Balaban J connectivity index is 1.52. The molecule has 0 radical (unpaired) electrons. The zero-order chi connectivity index (χ0) is 27.2. The molecule has 1 aliphatic heterocycles. The minimum absolute atomic E-state index is 0.215. The molecule has 0 spiro atoms. The molecule has 1 aliphatic rings. The molecule has 200 valence electrons. The van der Waals surface area contributed by atoms with E-state index in [1.165, 1.54) is 19.2 Å². The second-order valence-corrected chi connectivity index (χ2v) is 9.33. The SMILES string of the molecule is COC(=O)CCC1(c2ccc(-c3ccccc3)cc2)CCCN(C(=O)Nc2ccc(OC(F)(F)F)cc2)C1. The molecule has 1 N–H and O–H groups in total. The number of carbonyl (C=O) groups is 2. The summed E-state index contributed by atoms with van der Waals surface area (Å²) in [6.07, 6.45) is -2.54. The molecule has 38 heavy (non-hydrogen) atoms. The highest BCUT2D eigenvalue weighted by atomic mass is 19.4. The van der Waals surface area contributed by atoms with Crippen LogP contribution in [0.25, 0.3) is 11.1 Å². The smallest absolute Gasteiger partial charge is 0.469 e. The van der Waals surface area contributed by atoms with Gasteiger partial charge in [0.05, 0.1) is 7.11 Å². The lowest BCUT2D eigenvalue weighted by Gasteiger charge is -2.43. The molecule has 3 aromatic carbocycles. The van der Waals surface area contributed by atoms with Crippen molar-refractivity contribution in [2.45, 2.75) is 37.5 Å². The van der Waals surface area contributed by atoms with Gasteiger partial charge in [-0.1, -0.05) is 54.6 Å². The lowest BCUT2D eigenvalue weighted by molar-refractivity contribution is -0.274. The van der Waals surface area contributed by atoms with Crippen LogP contribution in [0.15, 0.2) is 78.9 Å². The first-order valence-electron chi connectivity index (χ1n) is 12.3. The number of rotatable bonds is 7. The lowest BCUT2D eigenvalue weighted by atomic mass is 9.71. The number of nitrogens with one attached hydrogen (secondary N) is 1. The van der Waals surface area contributed by atoms with E-state index in [-0.39, 0.29) is 24.2 Å². The molecule has 1 fully saturated rings. The number of ether oxygens (including phenoxy) is 2. The highest BCUT2D eigenvalue weighted by molar-refractivity contribution is 5.89. The quantitative estimate of drug-likeness (QED) is 0.345. The molecule has 1 heterocycles. The maximum absolute atomic E-state index is 13.1. The third-order valence-electron chi connectivity index (χ3n) is 6.84. The molecule has 1 unspecified atom stereocenters. The Labute approximate surface area is 219 Å². The Morgan fingerprint density at radius 3 is 2.24 bits per heavy atom. The van der Waals surface area contributed by atoms with Gasteiger partial charge in [-0.05, 0) is 60.2 Å². The predicted octanol–water partition coefficient (Wildman–Crippen LogP) is 6.77. The van der Waals surface area contributed by atoms with E-state index >= 15 is 0 Å². The fraction of sp³-hybridized carbons (Fsp3) is 0.310. The molecule has 4 rings (SSSR count). The number of nitrogens with zero attached hydrogens (tertiary/aromatic N) is 1. The maximum Gasteiger partial charge on any atom is 0.573 e. The molecule has 0 saturated carbocycles. The van der Waals surface area contributed by atoms with Crippen molar-refractivity contribution >= 4 is 17.7 Å². The highest BCUT2D eigenvalue weighted by Crippen LogP contribution is 2.39. The van der Waals surface area contributed by atoms with Crippen molar-refractivity contribution < 1.29 is 32.2 Å². The van der Waals surface area contributed by atoms with Gasteiger partial charge in [-0.3, -0.25) is 4.79 Å². The molecule has 2 amide bonds. The van der Waals surface area contributed by atoms with Crippen LogP contribution in [0.3, 0.4) is 0 Å². The Bertz CT molecular complexity index is 1230. The van der Waals surface area contributed by atoms with Gasteiger partial charge in [0.1, 0.15) is 5.75 Å². The van der Waals surface area contributed by atoms with E-state index in [4.69, 9.17) is 4.74 Å². The Hall–Kier alpha value is -4.01. The minimum Gasteiger partial charge on any atom is -0.469 e. The van der Waals surface area contributed by atoms with Crippen LogP contribution in [0.4, 0.5) is 23.7 Å².